The van der Waals surface area contributed by atoms with Crippen molar-refractivity contribution in [2.24, 2.45) is 0 Å². The van der Waals surface area contributed by atoms with Crippen molar-refractivity contribution >= 4 is 12.0 Å². The summed E-state index contributed by atoms with van der Waals surface area (Å²) in [5, 5.41) is 8.44. The summed E-state index contributed by atoms with van der Waals surface area (Å²) in [6.45, 7) is 0.640. The Bertz CT molecular complexity index is 355. The third-order valence-corrected chi connectivity index (χ3v) is 2.03. The largest absolute Gasteiger partial charge is 0.373 e. The summed E-state index contributed by atoms with van der Waals surface area (Å²) >= 11 is 0. The predicted molar refractivity (Wildman–Crippen MR) is 55.3 cm³/mol. The zero-order valence-electron chi connectivity index (χ0n) is 8.10. The van der Waals surface area contributed by atoms with Gasteiger partial charge in [-0.25, -0.2) is 0 Å². The van der Waals surface area contributed by atoms with E-state index in [2.05, 4.69) is 6.07 Å². The number of carbonyl (C=O) groups is 1. The van der Waals surface area contributed by atoms with Gasteiger partial charge in [0.1, 0.15) is 0 Å². The number of rotatable bonds is 4. The molecule has 0 saturated heterocycles. The number of nitrogens with zero attached hydrogens (tertiary/aromatic N) is 2. The van der Waals surface area contributed by atoms with Crippen molar-refractivity contribution in [2.45, 2.75) is 6.42 Å². The lowest BCUT2D eigenvalue weighted by molar-refractivity contribution is 0.112. The topological polar surface area (TPSA) is 44.1 Å². The maximum Gasteiger partial charge on any atom is 0.152 e. The molecule has 0 heterocycles. The predicted octanol–water partition coefficient (Wildman–Crippen LogP) is 1.85. The number of benzene rings is 1. The standard InChI is InChI=1S/C11H12N2O/c1-13(8-4-7-12)11-6-3-2-5-10(11)9-14/h2-3,5-6,9H,4,8H2,1H3. The maximum absolute atomic E-state index is 10.7. The van der Waals surface area contributed by atoms with E-state index in [0.29, 0.717) is 18.5 Å². The highest BCUT2D eigenvalue weighted by atomic mass is 16.1. The maximum atomic E-state index is 10.7. The second kappa shape index (κ2) is 5.03. The third-order valence-electron chi connectivity index (χ3n) is 2.03. The van der Waals surface area contributed by atoms with Gasteiger partial charge in [-0.2, -0.15) is 5.26 Å². The summed E-state index contributed by atoms with van der Waals surface area (Å²) in [5.41, 5.74) is 1.53. The molecule has 0 atom stereocenters. The Kier molecular flexibility index (Phi) is 3.69. The van der Waals surface area contributed by atoms with Gasteiger partial charge in [-0.3, -0.25) is 4.79 Å². The SMILES string of the molecule is CN(CCC#N)c1ccccc1C=O. The van der Waals surface area contributed by atoms with Gasteiger partial charge in [0.2, 0.25) is 0 Å². The van der Waals surface area contributed by atoms with E-state index in [1.807, 2.05) is 30.1 Å². The van der Waals surface area contributed by atoms with Gasteiger partial charge >= 0.3 is 0 Å². The normalized spacial score (nSPS) is 9.14. The minimum absolute atomic E-state index is 0.462. The smallest absolute Gasteiger partial charge is 0.152 e. The molecule has 0 aromatic heterocycles. The van der Waals surface area contributed by atoms with E-state index in [9.17, 15) is 4.79 Å². The fourth-order valence-electron chi connectivity index (χ4n) is 1.27. The van der Waals surface area contributed by atoms with Crippen LogP contribution in [0.5, 0.6) is 0 Å². The molecule has 0 aliphatic rings. The van der Waals surface area contributed by atoms with Crippen LogP contribution in [0.15, 0.2) is 24.3 Å². The minimum atomic E-state index is 0.462. The molecule has 0 saturated carbocycles. The summed E-state index contributed by atoms with van der Waals surface area (Å²) in [6.07, 6.45) is 1.29. The summed E-state index contributed by atoms with van der Waals surface area (Å²) < 4.78 is 0. The van der Waals surface area contributed by atoms with E-state index in [-0.39, 0.29) is 0 Å². The quantitative estimate of drug-likeness (QED) is 0.677. The Hall–Kier alpha value is -1.82. The van der Waals surface area contributed by atoms with E-state index in [0.717, 1.165) is 12.0 Å². The van der Waals surface area contributed by atoms with Crippen LogP contribution < -0.4 is 4.90 Å². The molecule has 0 amide bonds. The molecular formula is C11H12N2O. The van der Waals surface area contributed by atoms with Gasteiger partial charge < -0.3 is 4.90 Å². The lowest BCUT2D eigenvalue weighted by atomic mass is 10.2. The van der Waals surface area contributed by atoms with Gasteiger partial charge in [-0.15, -0.1) is 0 Å². The minimum Gasteiger partial charge on any atom is -0.373 e. The molecule has 3 heteroatoms. The van der Waals surface area contributed by atoms with Crippen molar-refractivity contribution in [1.82, 2.24) is 0 Å². The van der Waals surface area contributed by atoms with Gasteiger partial charge in [-0.1, -0.05) is 12.1 Å². The molecule has 0 unspecified atom stereocenters. The van der Waals surface area contributed by atoms with Crippen molar-refractivity contribution in [3.8, 4) is 6.07 Å². The van der Waals surface area contributed by atoms with Crippen molar-refractivity contribution in [2.75, 3.05) is 18.5 Å². The molecule has 0 spiro atoms. The molecule has 3 nitrogen and oxygen atoms in total. The molecule has 1 aromatic carbocycles. The molecule has 0 fully saturated rings. The first-order valence-corrected chi connectivity index (χ1v) is 4.42. The van der Waals surface area contributed by atoms with Gasteiger partial charge in [0.25, 0.3) is 0 Å². The Morgan fingerprint density at radius 3 is 2.86 bits per heavy atom. The van der Waals surface area contributed by atoms with E-state index >= 15 is 0 Å². The van der Waals surface area contributed by atoms with Crippen molar-refractivity contribution in [3.63, 3.8) is 0 Å². The monoisotopic (exact) mass is 188 g/mol. The van der Waals surface area contributed by atoms with Crippen molar-refractivity contribution in [1.29, 1.82) is 5.26 Å². The Morgan fingerprint density at radius 1 is 1.50 bits per heavy atom. The molecular weight excluding hydrogens is 176 g/mol. The van der Waals surface area contributed by atoms with E-state index in [1.165, 1.54) is 0 Å². The number of nitriles is 1. The lowest BCUT2D eigenvalue weighted by Gasteiger charge is -2.19. The molecule has 14 heavy (non-hydrogen) atoms. The first-order chi connectivity index (χ1) is 6.79. The lowest BCUT2D eigenvalue weighted by Crippen LogP contribution is -2.19. The van der Waals surface area contributed by atoms with Crippen LogP contribution in [0.3, 0.4) is 0 Å². The van der Waals surface area contributed by atoms with Gasteiger partial charge in [0.15, 0.2) is 6.29 Å². The second-order valence-electron chi connectivity index (χ2n) is 3.01. The van der Waals surface area contributed by atoms with Crippen LogP contribution in [0.2, 0.25) is 0 Å². The zero-order chi connectivity index (χ0) is 10.4. The summed E-state index contributed by atoms with van der Waals surface area (Å²) in [6, 6.07) is 9.43. The van der Waals surface area contributed by atoms with E-state index in [1.54, 1.807) is 6.07 Å². The second-order valence-corrected chi connectivity index (χ2v) is 3.01. The highest BCUT2D eigenvalue weighted by Crippen LogP contribution is 2.16. The van der Waals surface area contributed by atoms with Crippen LogP contribution in [0.25, 0.3) is 0 Å². The van der Waals surface area contributed by atoms with E-state index in [4.69, 9.17) is 5.26 Å². The number of para-hydroxylation sites is 1. The zero-order valence-corrected chi connectivity index (χ0v) is 8.10. The highest BCUT2D eigenvalue weighted by Gasteiger charge is 2.04. The van der Waals surface area contributed by atoms with Crippen LogP contribution in [0, 0.1) is 11.3 Å². The van der Waals surface area contributed by atoms with Crippen LogP contribution in [0.4, 0.5) is 5.69 Å². The number of hydrogen-bond acceptors (Lipinski definition) is 3. The molecule has 0 bridgehead atoms. The van der Waals surface area contributed by atoms with Crippen LogP contribution in [-0.2, 0) is 0 Å². The highest BCUT2D eigenvalue weighted by molar-refractivity contribution is 5.84. The molecule has 0 aliphatic heterocycles. The average molecular weight is 188 g/mol. The molecule has 1 rings (SSSR count). The Balaban J connectivity index is 2.83. The molecule has 0 N–H and O–H groups in total. The first-order valence-electron chi connectivity index (χ1n) is 4.42. The van der Waals surface area contributed by atoms with Crippen LogP contribution in [-0.4, -0.2) is 19.9 Å². The molecule has 72 valence electrons. The first kappa shape index (κ1) is 10.3. The van der Waals surface area contributed by atoms with Gasteiger partial charge in [0, 0.05) is 24.8 Å². The fourth-order valence-corrected chi connectivity index (χ4v) is 1.27. The summed E-state index contributed by atoms with van der Waals surface area (Å²) in [5.74, 6) is 0. The van der Waals surface area contributed by atoms with Gasteiger partial charge in [0.05, 0.1) is 12.5 Å². The Labute approximate surface area is 83.6 Å². The van der Waals surface area contributed by atoms with Crippen molar-refractivity contribution < 1.29 is 4.79 Å². The number of anilines is 1. The summed E-state index contributed by atoms with van der Waals surface area (Å²) in [7, 11) is 1.87. The fraction of sp³-hybridized carbons (Fsp3) is 0.273. The number of carbonyl (C=O) groups excluding carboxylic acids is 1. The van der Waals surface area contributed by atoms with Crippen LogP contribution >= 0.6 is 0 Å². The van der Waals surface area contributed by atoms with E-state index < -0.39 is 0 Å². The van der Waals surface area contributed by atoms with Crippen LogP contribution in [0.1, 0.15) is 16.8 Å². The molecule has 0 radical (unpaired) electrons. The number of aldehydes is 1. The number of hydrogen-bond donors (Lipinski definition) is 0. The molecule has 0 aliphatic carbocycles. The summed E-state index contributed by atoms with van der Waals surface area (Å²) in [4.78, 5) is 12.6. The molecule has 1 aromatic rings. The average Bonchev–Trinajstić information content (AvgIpc) is 2.25. The van der Waals surface area contributed by atoms with Crippen molar-refractivity contribution in [3.05, 3.63) is 29.8 Å². The third kappa shape index (κ3) is 2.33. The van der Waals surface area contributed by atoms with Gasteiger partial charge in [-0.05, 0) is 12.1 Å². The Morgan fingerprint density at radius 2 is 2.21 bits per heavy atom.